The van der Waals surface area contributed by atoms with Gasteiger partial charge in [0.1, 0.15) is 0 Å². The van der Waals surface area contributed by atoms with Crippen molar-refractivity contribution in [3.63, 3.8) is 0 Å². The lowest BCUT2D eigenvalue weighted by atomic mass is 10.3. The van der Waals surface area contributed by atoms with Gasteiger partial charge in [-0.1, -0.05) is 52.3 Å². The van der Waals surface area contributed by atoms with Crippen molar-refractivity contribution in [3.05, 3.63) is 25.1 Å². The van der Waals surface area contributed by atoms with E-state index in [2.05, 4.69) is 84.9 Å². The summed E-state index contributed by atoms with van der Waals surface area (Å²) in [5.74, 6) is 0. The first kappa shape index (κ1) is 31.7. The number of rotatable bonds is 2. The maximum absolute atomic E-state index is 7.57. The summed E-state index contributed by atoms with van der Waals surface area (Å²) in [6.07, 6.45) is 0. The maximum atomic E-state index is 7.57. The number of hydrogen-bond donors (Lipinski definition) is 3. The second-order valence-corrected chi connectivity index (χ2v) is 15.7. The first-order valence-electron chi connectivity index (χ1n) is 9.29. The van der Waals surface area contributed by atoms with Crippen molar-refractivity contribution >= 4 is 69.1 Å². The first-order valence-corrected chi connectivity index (χ1v) is 13.9. The third-order valence-corrected chi connectivity index (χ3v) is 8.41. The molecule has 0 aliphatic carbocycles. The van der Waals surface area contributed by atoms with Crippen molar-refractivity contribution in [2.45, 2.75) is 90.0 Å². The van der Waals surface area contributed by atoms with E-state index in [1.54, 1.807) is 40.4 Å². The van der Waals surface area contributed by atoms with Crippen molar-refractivity contribution in [1.82, 2.24) is 9.97 Å². The Morgan fingerprint density at radius 1 is 1.03 bits per heavy atom. The molecule has 2 heterocycles. The molecule has 0 aromatic carbocycles. The summed E-state index contributed by atoms with van der Waals surface area (Å²) in [7, 11) is 3.66. The maximum Gasteiger partial charge on any atom is 0.160 e. The number of H-pyrrole nitrogens is 1. The van der Waals surface area contributed by atoms with Crippen LogP contribution in [0.2, 0.25) is 0 Å². The highest BCUT2D eigenvalue weighted by Crippen LogP contribution is 2.42. The Morgan fingerprint density at radius 2 is 1.48 bits per heavy atom. The van der Waals surface area contributed by atoms with Gasteiger partial charge in [0.05, 0.1) is 5.69 Å². The quantitative estimate of drug-likeness (QED) is 0.213. The minimum atomic E-state index is 0.194. The minimum absolute atomic E-state index is 0.194. The zero-order valence-electron chi connectivity index (χ0n) is 19.6. The van der Waals surface area contributed by atoms with Crippen molar-refractivity contribution in [2.75, 3.05) is 6.61 Å². The molecule has 3 nitrogen and oxygen atoms in total. The van der Waals surface area contributed by atoms with E-state index in [9.17, 15) is 0 Å². The normalized spacial score (nSPS) is 10.8. The lowest BCUT2D eigenvalue weighted by molar-refractivity contribution is 0.318. The molecule has 0 saturated carbocycles. The number of aryl methyl sites for hydroxylation is 4. The van der Waals surface area contributed by atoms with Gasteiger partial charge in [0.15, 0.2) is 8.29 Å². The van der Waals surface area contributed by atoms with Crippen LogP contribution in [-0.2, 0) is 0 Å². The second-order valence-electron chi connectivity index (χ2n) is 8.08. The fraction of sp³-hybridized carbons (Fsp3) is 0.700. The Hall–Kier alpha value is 0.490. The summed E-state index contributed by atoms with van der Waals surface area (Å²) < 4.78 is 2.55. The molecule has 0 radical (unpaired) electrons. The number of thiazole rings is 2. The van der Waals surface area contributed by atoms with Crippen LogP contribution in [0.15, 0.2) is 4.34 Å². The van der Waals surface area contributed by atoms with Gasteiger partial charge in [0.25, 0.3) is 0 Å². The molecule has 0 aliphatic heterocycles. The number of nitrogens with zero attached hydrogens (tertiary/aromatic N) is 1. The molecule has 29 heavy (non-hydrogen) atoms. The Labute approximate surface area is 204 Å². The lowest BCUT2D eigenvalue weighted by Crippen LogP contribution is -2.04. The molecule has 2 rings (SSSR count). The molecular weight excluding hydrogens is 477 g/mol. The third-order valence-electron chi connectivity index (χ3n) is 2.44. The SMILES string of the molecule is CC(C)(C)S.CCO.Cc1[nH]c(=S)sc1C.Cc1nc(SSC(C)(C)C)sc1C. The van der Waals surface area contributed by atoms with Gasteiger partial charge < -0.3 is 10.1 Å². The summed E-state index contributed by atoms with van der Waals surface area (Å²) >= 11 is 12.4. The average molecular weight is 515 g/mol. The second kappa shape index (κ2) is 15.3. The zero-order chi connectivity index (χ0) is 23.4. The summed E-state index contributed by atoms with van der Waals surface area (Å²) in [5, 5.41) is 7.57. The standard InChI is InChI=1S/C9H15NS3.C5H7NS2.C4H10S.C2H6O/c1-6-7(2)11-8(10-6)12-13-9(3,4)5;1-3-4(2)8-5(7)6-3;1-4(2,3)5;1-2-3/h1-5H3;1-2H3,(H,6,7);5H,1-3H3;3H,2H2,1H3. The molecule has 0 atom stereocenters. The predicted molar refractivity (Wildman–Crippen MR) is 145 cm³/mol. The molecule has 0 fully saturated rings. The van der Waals surface area contributed by atoms with E-state index >= 15 is 0 Å². The van der Waals surface area contributed by atoms with E-state index in [-0.39, 0.29) is 11.4 Å². The summed E-state index contributed by atoms with van der Waals surface area (Å²) in [4.78, 5) is 10.1. The lowest BCUT2D eigenvalue weighted by Gasteiger charge is -2.14. The van der Waals surface area contributed by atoms with Gasteiger partial charge >= 0.3 is 0 Å². The molecule has 0 bridgehead atoms. The molecule has 9 heteroatoms. The van der Waals surface area contributed by atoms with E-state index in [1.807, 2.05) is 17.7 Å². The predicted octanol–water partition coefficient (Wildman–Crippen LogP) is 8.43. The Bertz CT molecular complexity index is 687. The largest absolute Gasteiger partial charge is 0.397 e. The van der Waals surface area contributed by atoms with Crippen LogP contribution in [0, 0.1) is 31.6 Å². The van der Waals surface area contributed by atoms with Gasteiger partial charge in [-0.25, -0.2) is 4.98 Å². The van der Waals surface area contributed by atoms with E-state index in [0.29, 0.717) is 4.75 Å². The third kappa shape index (κ3) is 21.5. The van der Waals surface area contributed by atoms with Gasteiger partial charge in [-0.3, -0.25) is 0 Å². The van der Waals surface area contributed by atoms with E-state index in [0.717, 1.165) is 3.95 Å². The fourth-order valence-electron chi connectivity index (χ4n) is 1.12. The molecule has 0 saturated heterocycles. The molecule has 0 aliphatic rings. The Balaban J connectivity index is 0. The molecule has 2 aromatic heterocycles. The minimum Gasteiger partial charge on any atom is -0.397 e. The van der Waals surface area contributed by atoms with Gasteiger partial charge in [0.2, 0.25) is 0 Å². The van der Waals surface area contributed by atoms with Crippen LogP contribution in [0.4, 0.5) is 0 Å². The zero-order valence-corrected chi connectivity index (χ0v) is 24.6. The number of nitrogens with one attached hydrogen (secondary N) is 1. The molecule has 0 spiro atoms. The van der Waals surface area contributed by atoms with Crippen molar-refractivity contribution in [3.8, 4) is 0 Å². The molecule has 2 aromatic rings. The highest BCUT2D eigenvalue weighted by Gasteiger charge is 2.13. The highest BCUT2D eigenvalue weighted by atomic mass is 33.1. The van der Waals surface area contributed by atoms with Crippen molar-refractivity contribution in [2.24, 2.45) is 0 Å². The van der Waals surface area contributed by atoms with Crippen LogP contribution in [0.5, 0.6) is 0 Å². The molecule has 0 amide bonds. The van der Waals surface area contributed by atoms with Crippen molar-refractivity contribution in [1.29, 1.82) is 0 Å². The number of aromatic nitrogens is 2. The average Bonchev–Trinajstić information content (AvgIpc) is 2.97. The van der Waals surface area contributed by atoms with E-state index in [4.69, 9.17) is 17.3 Å². The molecule has 2 N–H and O–H groups in total. The summed E-state index contributed by atoms with van der Waals surface area (Å²) in [6.45, 7) is 23.0. The van der Waals surface area contributed by atoms with Crippen LogP contribution in [0.3, 0.4) is 0 Å². The van der Waals surface area contributed by atoms with Crippen LogP contribution in [-0.4, -0.2) is 31.2 Å². The molecule has 170 valence electrons. The topological polar surface area (TPSA) is 48.9 Å². The van der Waals surface area contributed by atoms with Crippen molar-refractivity contribution < 1.29 is 5.11 Å². The van der Waals surface area contributed by atoms with Crippen LogP contribution < -0.4 is 0 Å². The number of hydrogen-bond acceptors (Lipinski definition) is 8. The fourth-order valence-corrected chi connectivity index (χ4v) is 5.67. The van der Waals surface area contributed by atoms with Crippen LogP contribution >= 0.6 is 69.1 Å². The monoisotopic (exact) mass is 514 g/mol. The first-order chi connectivity index (χ1) is 13.0. The number of aliphatic hydroxyl groups is 1. The Morgan fingerprint density at radius 3 is 1.69 bits per heavy atom. The number of aliphatic hydroxyl groups excluding tert-OH is 1. The number of aromatic amines is 1. The van der Waals surface area contributed by atoms with Gasteiger partial charge in [-0.2, -0.15) is 12.6 Å². The van der Waals surface area contributed by atoms with Crippen LogP contribution in [0.25, 0.3) is 0 Å². The van der Waals surface area contributed by atoms with E-state index in [1.165, 1.54) is 25.5 Å². The van der Waals surface area contributed by atoms with E-state index < -0.39 is 0 Å². The molecule has 0 unspecified atom stereocenters. The smallest absolute Gasteiger partial charge is 0.160 e. The summed E-state index contributed by atoms with van der Waals surface area (Å²) in [6, 6.07) is 0. The van der Waals surface area contributed by atoms with Gasteiger partial charge in [-0.15, -0.1) is 22.7 Å². The van der Waals surface area contributed by atoms with Gasteiger partial charge in [0, 0.05) is 31.5 Å². The Kier molecular flexibility index (Phi) is 16.7. The highest BCUT2D eigenvalue weighted by molar-refractivity contribution is 8.77. The van der Waals surface area contributed by atoms with Crippen LogP contribution in [0.1, 0.15) is 69.6 Å². The summed E-state index contributed by atoms with van der Waals surface area (Å²) in [5.41, 5.74) is 2.36. The van der Waals surface area contributed by atoms with Gasteiger partial charge in [-0.05, 0) is 57.6 Å². The number of thiol groups is 1. The molecular formula is C20H38N2OS6.